The third kappa shape index (κ3) is 7.03. The molecule has 0 N–H and O–H groups in total. The van der Waals surface area contributed by atoms with Crippen LogP contribution in [0.2, 0.25) is 0 Å². The van der Waals surface area contributed by atoms with E-state index in [1.54, 1.807) is 7.11 Å². The van der Waals surface area contributed by atoms with Crippen molar-refractivity contribution in [1.82, 2.24) is 0 Å². The van der Waals surface area contributed by atoms with Gasteiger partial charge in [-0.15, -0.1) is 0 Å². The van der Waals surface area contributed by atoms with Crippen LogP contribution in [0.5, 0.6) is 5.75 Å². The van der Waals surface area contributed by atoms with Gasteiger partial charge >= 0.3 is 0 Å². The van der Waals surface area contributed by atoms with Crippen LogP contribution in [0.4, 0.5) is 5.69 Å². The summed E-state index contributed by atoms with van der Waals surface area (Å²) in [5.41, 5.74) is 4.12. The molecule has 0 aromatic heterocycles. The molecule has 3 nitrogen and oxygen atoms in total. The average Bonchev–Trinajstić information content (AvgIpc) is 2.95. The lowest BCUT2D eigenvalue weighted by atomic mass is 9.89. The first kappa shape index (κ1) is 26.0. The number of rotatable bonds is 10. The van der Waals surface area contributed by atoms with E-state index in [1.165, 1.54) is 46.7 Å². The predicted octanol–water partition coefficient (Wildman–Crippen LogP) is 6.64. The van der Waals surface area contributed by atoms with Gasteiger partial charge in [-0.25, -0.2) is 0 Å². The molecule has 0 radical (unpaired) electrons. The van der Waals surface area contributed by atoms with Crippen molar-refractivity contribution in [2.45, 2.75) is 44.9 Å². The number of para-hydroxylation sites is 1. The molecular formula is C33H40NO2P. The van der Waals surface area contributed by atoms with Crippen LogP contribution in [0.25, 0.3) is 0 Å². The van der Waals surface area contributed by atoms with Crippen LogP contribution < -0.4 is 20.2 Å². The molecule has 2 aliphatic carbocycles. The third-order valence-electron chi connectivity index (χ3n) is 7.54. The monoisotopic (exact) mass is 513 g/mol. The van der Waals surface area contributed by atoms with Crippen molar-refractivity contribution in [1.29, 1.82) is 0 Å². The standard InChI is InChI=1S/C33H40NO2P/c1-35-25-36-33-29(22-27-15-7-3-8-16-27)23-28(21-26-13-5-2-6-14-26)24-32(33)37-31-18-10-9-17-30(31)34-19-11-4-12-20-34/h2-3,5-10,13,15,17-18,23-24,26-27,37H,4,11-12,14,16,19-22,25H2,1H3. The van der Waals surface area contributed by atoms with Crippen LogP contribution in [0.3, 0.4) is 0 Å². The Morgan fingerprint density at radius 1 is 0.838 bits per heavy atom. The van der Waals surface area contributed by atoms with Gasteiger partial charge in [-0.05, 0) is 80.0 Å². The minimum Gasteiger partial charge on any atom is -0.467 e. The first-order valence-corrected chi connectivity index (χ1v) is 14.9. The minimum absolute atomic E-state index is 0.272. The Morgan fingerprint density at radius 2 is 1.57 bits per heavy atom. The molecule has 3 atom stereocenters. The number of benzene rings is 2. The number of hydrogen-bond donors (Lipinski definition) is 0. The molecular weight excluding hydrogens is 473 g/mol. The first-order valence-electron chi connectivity index (χ1n) is 13.9. The fourth-order valence-corrected chi connectivity index (χ4v) is 7.14. The van der Waals surface area contributed by atoms with Crippen molar-refractivity contribution in [3.63, 3.8) is 0 Å². The maximum Gasteiger partial charge on any atom is 0.188 e. The average molecular weight is 514 g/mol. The summed E-state index contributed by atoms with van der Waals surface area (Å²) in [6, 6.07) is 13.8. The SMILES string of the molecule is COCOc1c(CC2C=CC=CC2)cc(CC2C=CC=CC2)cc1Pc1ccccc1N1CCCCC1. The summed E-state index contributed by atoms with van der Waals surface area (Å²) < 4.78 is 11.8. The lowest BCUT2D eigenvalue weighted by Gasteiger charge is -2.31. The van der Waals surface area contributed by atoms with Crippen molar-refractivity contribution in [3.05, 3.63) is 96.1 Å². The quantitative estimate of drug-likeness (QED) is 0.263. The molecule has 0 saturated carbocycles. The fourth-order valence-electron chi connectivity index (χ4n) is 5.69. The van der Waals surface area contributed by atoms with Crippen LogP contribution in [0.1, 0.15) is 43.2 Å². The van der Waals surface area contributed by atoms with E-state index in [0.717, 1.165) is 44.5 Å². The van der Waals surface area contributed by atoms with E-state index in [9.17, 15) is 0 Å². The summed E-state index contributed by atoms with van der Waals surface area (Å²) in [5.74, 6) is 2.08. The second kappa shape index (κ2) is 13.3. The Hall–Kier alpha value is -2.61. The lowest BCUT2D eigenvalue weighted by molar-refractivity contribution is 0.0511. The van der Waals surface area contributed by atoms with E-state index >= 15 is 0 Å². The topological polar surface area (TPSA) is 21.7 Å². The summed E-state index contributed by atoms with van der Waals surface area (Å²) in [6.45, 7) is 2.58. The molecule has 194 valence electrons. The van der Waals surface area contributed by atoms with E-state index < -0.39 is 0 Å². The number of anilines is 1. The molecule has 2 aromatic carbocycles. The minimum atomic E-state index is 0.272. The van der Waals surface area contributed by atoms with Crippen molar-refractivity contribution < 1.29 is 9.47 Å². The zero-order valence-corrected chi connectivity index (χ0v) is 23.1. The van der Waals surface area contributed by atoms with Gasteiger partial charge in [0.05, 0.1) is 0 Å². The smallest absolute Gasteiger partial charge is 0.188 e. The van der Waals surface area contributed by atoms with E-state index in [4.69, 9.17) is 9.47 Å². The number of hydrogen-bond acceptors (Lipinski definition) is 3. The van der Waals surface area contributed by atoms with Gasteiger partial charge in [-0.3, -0.25) is 0 Å². The predicted molar refractivity (Wildman–Crippen MR) is 159 cm³/mol. The summed E-state index contributed by atoms with van der Waals surface area (Å²) in [6.07, 6.45) is 26.1. The Morgan fingerprint density at radius 3 is 2.27 bits per heavy atom. The highest BCUT2D eigenvalue weighted by molar-refractivity contribution is 7.56. The number of ether oxygens (including phenoxy) is 2. The Kier molecular flexibility index (Phi) is 9.33. The highest BCUT2D eigenvalue weighted by Gasteiger charge is 2.20. The fraction of sp³-hybridized carbons (Fsp3) is 0.394. The number of piperidine rings is 1. The van der Waals surface area contributed by atoms with Gasteiger partial charge in [-0.2, -0.15) is 0 Å². The molecule has 1 fully saturated rings. The first-order chi connectivity index (χ1) is 18.3. The maximum atomic E-state index is 6.37. The van der Waals surface area contributed by atoms with Crippen LogP contribution in [-0.4, -0.2) is 27.0 Å². The molecule has 37 heavy (non-hydrogen) atoms. The van der Waals surface area contributed by atoms with E-state index in [2.05, 4.69) is 89.9 Å². The molecule has 0 bridgehead atoms. The number of allylic oxidation sites excluding steroid dienone is 8. The third-order valence-corrected chi connectivity index (χ3v) is 8.87. The lowest BCUT2D eigenvalue weighted by Crippen LogP contribution is -2.32. The van der Waals surface area contributed by atoms with E-state index in [-0.39, 0.29) is 6.79 Å². The zero-order valence-electron chi connectivity index (χ0n) is 22.1. The van der Waals surface area contributed by atoms with Crippen LogP contribution in [-0.2, 0) is 17.6 Å². The Bertz CT molecular complexity index is 1160. The molecule has 3 unspecified atom stereocenters. The van der Waals surface area contributed by atoms with Gasteiger partial charge in [0.1, 0.15) is 5.75 Å². The number of nitrogens with zero attached hydrogens (tertiary/aromatic N) is 1. The molecule has 1 heterocycles. The van der Waals surface area contributed by atoms with Crippen molar-refractivity contribution in [3.8, 4) is 5.75 Å². The Labute approximate surface area is 224 Å². The van der Waals surface area contributed by atoms with Crippen LogP contribution in [0, 0.1) is 11.8 Å². The summed E-state index contributed by atoms with van der Waals surface area (Å²) in [4.78, 5) is 2.59. The number of methoxy groups -OCH3 is 1. The molecule has 1 saturated heterocycles. The van der Waals surface area contributed by atoms with Gasteiger partial charge < -0.3 is 14.4 Å². The summed E-state index contributed by atoms with van der Waals surface area (Å²) >= 11 is 0. The molecule has 1 aliphatic heterocycles. The second-order valence-corrected chi connectivity index (χ2v) is 11.7. The van der Waals surface area contributed by atoms with Gasteiger partial charge in [-0.1, -0.05) is 81.5 Å². The van der Waals surface area contributed by atoms with E-state index in [1.807, 2.05) is 0 Å². The molecule has 5 rings (SSSR count). The van der Waals surface area contributed by atoms with Gasteiger partial charge in [0.15, 0.2) is 6.79 Å². The molecule has 0 spiro atoms. The van der Waals surface area contributed by atoms with Crippen molar-refractivity contribution in [2.24, 2.45) is 11.8 Å². The van der Waals surface area contributed by atoms with E-state index in [0.29, 0.717) is 20.4 Å². The van der Waals surface area contributed by atoms with Crippen LogP contribution >= 0.6 is 8.58 Å². The van der Waals surface area contributed by atoms with Crippen LogP contribution in [0.15, 0.2) is 85.0 Å². The summed E-state index contributed by atoms with van der Waals surface area (Å²) in [5, 5.41) is 2.72. The zero-order chi connectivity index (χ0) is 25.3. The molecule has 4 heteroatoms. The highest BCUT2D eigenvalue weighted by atomic mass is 31.1. The molecule has 0 amide bonds. The normalized spacial score (nSPS) is 21.3. The largest absolute Gasteiger partial charge is 0.467 e. The summed E-state index contributed by atoms with van der Waals surface area (Å²) in [7, 11) is 2.25. The van der Waals surface area contributed by atoms with Gasteiger partial charge in [0.25, 0.3) is 0 Å². The second-order valence-electron chi connectivity index (χ2n) is 10.4. The maximum absolute atomic E-state index is 6.37. The van der Waals surface area contributed by atoms with Crippen molar-refractivity contribution in [2.75, 3.05) is 31.9 Å². The van der Waals surface area contributed by atoms with Gasteiger partial charge in [0.2, 0.25) is 0 Å². The molecule has 2 aromatic rings. The van der Waals surface area contributed by atoms with Gasteiger partial charge in [0, 0.05) is 36.5 Å². The van der Waals surface area contributed by atoms with Crippen molar-refractivity contribution >= 4 is 24.9 Å². The highest BCUT2D eigenvalue weighted by Crippen LogP contribution is 2.33. The molecule has 3 aliphatic rings. The Balaban J connectivity index is 1.51.